The van der Waals surface area contributed by atoms with E-state index in [2.05, 4.69) is 14.8 Å². The van der Waals surface area contributed by atoms with Crippen molar-refractivity contribution in [3.8, 4) is 5.88 Å². The number of carboxylic acids is 1. The van der Waals surface area contributed by atoms with E-state index >= 15 is 0 Å². The van der Waals surface area contributed by atoms with E-state index in [1.54, 1.807) is 37.4 Å². The van der Waals surface area contributed by atoms with Crippen molar-refractivity contribution in [3.05, 3.63) is 81.5 Å². The van der Waals surface area contributed by atoms with Crippen LogP contribution in [0.4, 0.5) is 10.1 Å². The van der Waals surface area contributed by atoms with Gasteiger partial charge in [0.1, 0.15) is 18.2 Å². The van der Waals surface area contributed by atoms with E-state index in [-0.39, 0.29) is 18.3 Å². The molecule has 1 fully saturated rings. The Morgan fingerprint density at radius 3 is 2.83 bits per heavy atom. The largest absolute Gasteiger partial charge is 0.478 e. The van der Waals surface area contributed by atoms with E-state index in [9.17, 15) is 14.3 Å². The first-order chi connectivity index (χ1) is 19.4. The molecule has 0 amide bonds. The highest BCUT2D eigenvalue weighted by Gasteiger charge is 2.26. The first-order valence-electron chi connectivity index (χ1n) is 13.2. The Bertz CT molecular complexity index is 1590. The lowest BCUT2D eigenvalue weighted by Gasteiger charge is -2.30. The molecule has 4 heterocycles. The van der Waals surface area contributed by atoms with Crippen LogP contribution in [0.15, 0.2) is 42.5 Å². The van der Waals surface area contributed by atoms with E-state index < -0.39 is 11.8 Å². The number of rotatable bonds is 9. The van der Waals surface area contributed by atoms with Gasteiger partial charge in [0.25, 0.3) is 0 Å². The van der Waals surface area contributed by atoms with Gasteiger partial charge in [-0.15, -0.1) is 0 Å². The van der Waals surface area contributed by atoms with Crippen LogP contribution in [-0.2, 0) is 37.4 Å². The summed E-state index contributed by atoms with van der Waals surface area (Å²) in [6.07, 6.45) is 1.87. The number of pyridine rings is 1. The molecule has 2 N–H and O–H groups in total. The SMILES string of the molecule is CNc1cc2c(nc1OCc1ccc(Cl)cc1F)CN(Cc1nc3ccc(C(=O)O)cc3n1C[C@@H]1CCO1)CC2. The van der Waals surface area contributed by atoms with E-state index in [0.717, 1.165) is 59.8 Å². The normalized spacial score (nSPS) is 16.9. The maximum absolute atomic E-state index is 14.3. The molecular weight excluding hydrogens is 537 g/mol. The van der Waals surface area contributed by atoms with E-state index in [1.165, 1.54) is 6.07 Å². The molecule has 0 saturated carbocycles. The number of ether oxygens (including phenoxy) is 2. The summed E-state index contributed by atoms with van der Waals surface area (Å²) >= 11 is 5.88. The number of benzene rings is 2. The van der Waals surface area contributed by atoms with Gasteiger partial charge in [-0.1, -0.05) is 17.7 Å². The third-order valence-electron chi connectivity index (χ3n) is 7.49. The zero-order chi connectivity index (χ0) is 27.8. The van der Waals surface area contributed by atoms with Crippen LogP contribution >= 0.6 is 11.6 Å². The molecular formula is C29H29ClFN5O4. The molecule has 9 nitrogen and oxygen atoms in total. The van der Waals surface area contributed by atoms with Crippen molar-refractivity contribution in [1.82, 2.24) is 19.4 Å². The molecule has 2 aromatic heterocycles. The molecule has 0 radical (unpaired) electrons. The lowest BCUT2D eigenvalue weighted by atomic mass is 10.0. The van der Waals surface area contributed by atoms with Crippen molar-refractivity contribution < 1.29 is 23.8 Å². The number of aromatic nitrogens is 3. The molecule has 0 aliphatic carbocycles. The summed E-state index contributed by atoms with van der Waals surface area (Å²) in [5.41, 5.74) is 4.97. The van der Waals surface area contributed by atoms with E-state index in [0.29, 0.717) is 36.1 Å². The highest BCUT2D eigenvalue weighted by molar-refractivity contribution is 6.30. The number of fused-ring (bicyclic) bond motifs is 2. The molecule has 0 spiro atoms. The summed E-state index contributed by atoms with van der Waals surface area (Å²) in [5, 5.41) is 13.0. The van der Waals surface area contributed by atoms with Crippen LogP contribution in [0.1, 0.15) is 39.4 Å². The second kappa shape index (κ2) is 11.0. The predicted octanol–water partition coefficient (Wildman–Crippen LogP) is 4.89. The van der Waals surface area contributed by atoms with Crippen molar-refractivity contribution in [2.45, 2.75) is 45.2 Å². The Hall–Kier alpha value is -3.73. The minimum Gasteiger partial charge on any atom is -0.478 e. The van der Waals surface area contributed by atoms with Gasteiger partial charge in [0.05, 0.1) is 47.2 Å². The van der Waals surface area contributed by atoms with Crippen LogP contribution < -0.4 is 10.1 Å². The van der Waals surface area contributed by atoms with Crippen LogP contribution in [0.5, 0.6) is 5.88 Å². The smallest absolute Gasteiger partial charge is 0.335 e. The van der Waals surface area contributed by atoms with Crippen molar-refractivity contribution >= 4 is 34.3 Å². The number of halogens is 2. The van der Waals surface area contributed by atoms with Gasteiger partial charge in [0.2, 0.25) is 5.88 Å². The van der Waals surface area contributed by atoms with E-state index in [1.807, 2.05) is 6.07 Å². The topological polar surface area (TPSA) is 102 Å². The standard InChI is InChI=1S/C29H29ClFN5O4/c1-32-24-10-17-6-8-35(14-25(17)34-28(24)40-16-19-2-4-20(30)12-22(19)31)15-27-33-23-5-3-18(29(37)38)11-26(23)36(27)13-21-7-9-39-21/h2-5,10-12,21,32H,6-9,13-16H2,1H3,(H,37,38)/t21-/m0/s1. The molecule has 2 aliphatic heterocycles. The Morgan fingerprint density at radius 2 is 2.10 bits per heavy atom. The summed E-state index contributed by atoms with van der Waals surface area (Å²) in [6, 6.07) is 11.6. The van der Waals surface area contributed by atoms with Gasteiger partial charge in [0, 0.05) is 37.3 Å². The van der Waals surface area contributed by atoms with Crippen molar-refractivity contribution in [1.29, 1.82) is 0 Å². The second-order valence-electron chi connectivity index (χ2n) is 10.1. The predicted molar refractivity (Wildman–Crippen MR) is 148 cm³/mol. The first kappa shape index (κ1) is 26.5. The fraction of sp³-hybridized carbons (Fsp3) is 0.345. The molecule has 6 rings (SSSR count). The van der Waals surface area contributed by atoms with Gasteiger partial charge < -0.3 is 24.5 Å². The number of carbonyl (C=O) groups is 1. The summed E-state index contributed by atoms with van der Waals surface area (Å²) in [5.74, 6) is -0.119. The third-order valence-corrected chi connectivity index (χ3v) is 7.73. The van der Waals surface area contributed by atoms with Crippen LogP contribution in [0, 0.1) is 5.82 Å². The average Bonchev–Trinajstić information content (AvgIpc) is 3.25. The summed E-state index contributed by atoms with van der Waals surface area (Å²) in [4.78, 5) is 23.6. The van der Waals surface area contributed by atoms with Gasteiger partial charge in [-0.25, -0.2) is 19.2 Å². The van der Waals surface area contributed by atoms with E-state index in [4.69, 9.17) is 31.0 Å². The third kappa shape index (κ3) is 5.34. The van der Waals surface area contributed by atoms with Gasteiger partial charge >= 0.3 is 5.97 Å². The molecule has 2 aromatic carbocycles. The molecule has 0 unspecified atom stereocenters. The molecule has 40 heavy (non-hydrogen) atoms. The number of carboxylic acid groups (broad SMARTS) is 1. The lowest BCUT2D eigenvalue weighted by Crippen LogP contribution is -2.34. The van der Waals surface area contributed by atoms with Crippen molar-refractivity contribution in [3.63, 3.8) is 0 Å². The number of hydrogen-bond acceptors (Lipinski definition) is 7. The number of nitrogens with one attached hydrogen (secondary N) is 1. The van der Waals surface area contributed by atoms with Gasteiger partial charge in [-0.05, 0) is 54.8 Å². The van der Waals surface area contributed by atoms with Crippen molar-refractivity contribution in [2.24, 2.45) is 0 Å². The fourth-order valence-corrected chi connectivity index (χ4v) is 5.33. The van der Waals surface area contributed by atoms with Crippen LogP contribution in [0.3, 0.4) is 0 Å². The van der Waals surface area contributed by atoms with Crippen LogP contribution in [0.25, 0.3) is 11.0 Å². The molecule has 11 heteroatoms. The number of aromatic carboxylic acids is 1. The van der Waals surface area contributed by atoms with Gasteiger partial charge in [-0.3, -0.25) is 4.90 Å². The minimum absolute atomic E-state index is 0.0266. The maximum Gasteiger partial charge on any atom is 0.335 e. The fourth-order valence-electron chi connectivity index (χ4n) is 5.17. The Labute approximate surface area is 235 Å². The number of nitrogens with zero attached hydrogens (tertiary/aromatic N) is 4. The molecule has 2 aliphatic rings. The Balaban J connectivity index is 1.24. The average molecular weight is 566 g/mol. The summed E-state index contributed by atoms with van der Waals surface area (Å²) < 4.78 is 28.0. The maximum atomic E-state index is 14.3. The highest BCUT2D eigenvalue weighted by atomic mass is 35.5. The number of hydrogen-bond donors (Lipinski definition) is 2. The molecule has 208 valence electrons. The quantitative estimate of drug-likeness (QED) is 0.296. The first-order valence-corrected chi connectivity index (χ1v) is 13.6. The lowest BCUT2D eigenvalue weighted by molar-refractivity contribution is -0.0592. The monoisotopic (exact) mass is 565 g/mol. The summed E-state index contributed by atoms with van der Waals surface area (Å²) in [7, 11) is 1.81. The van der Waals surface area contributed by atoms with Gasteiger partial charge in [0.15, 0.2) is 0 Å². The number of anilines is 1. The summed E-state index contributed by atoms with van der Waals surface area (Å²) in [6.45, 7) is 3.38. The number of imidazole rings is 1. The minimum atomic E-state index is -0.965. The highest BCUT2D eigenvalue weighted by Crippen LogP contribution is 2.31. The van der Waals surface area contributed by atoms with Crippen LogP contribution in [-0.4, -0.2) is 56.8 Å². The van der Waals surface area contributed by atoms with Crippen molar-refractivity contribution in [2.75, 3.05) is 25.5 Å². The van der Waals surface area contributed by atoms with Crippen LogP contribution in [0.2, 0.25) is 5.02 Å². The zero-order valence-corrected chi connectivity index (χ0v) is 22.7. The second-order valence-corrected chi connectivity index (χ2v) is 10.5. The molecule has 0 bridgehead atoms. The van der Waals surface area contributed by atoms with Gasteiger partial charge in [-0.2, -0.15) is 0 Å². The molecule has 4 aromatic rings. The Morgan fingerprint density at radius 1 is 1.25 bits per heavy atom. The Kier molecular flexibility index (Phi) is 7.31. The molecule has 1 saturated heterocycles. The molecule has 1 atom stereocenters. The zero-order valence-electron chi connectivity index (χ0n) is 22.0.